The van der Waals surface area contributed by atoms with Crippen molar-refractivity contribution in [2.45, 2.75) is 71.8 Å². The molecule has 4 nitrogen and oxygen atoms in total. The molecule has 158 valence electrons. The van der Waals surface area contributed by atoms with E-state index in [2.05, 4.69) is 38.1 Å². The van der Waals surface area contributed by atoms with Crippen LogP contribution in [0.2, 0.25) is 0 Å². The molecule has 5 rings (SSSR count). The molecule has 3 unspecified atom stereocenters. The Morgan fingerprint density at radius 3 is 2.79 bits per heavy atom. The number of urea groups is 1. The summed E-state index contributed by atoms with van der Waals surface area (Å²) in [7, 11) is 0. The van der Waals surface area contributed by atoms with Gasteiger partial charge in [0.2, 0.25) is 0 Å². The highest BCUT2D eigenvalue weighted by molar-refractivity contribution is 5.94. The van der Waals surface area contributed by atoms with Crippen molar-refractivity contribution in [2.24, 2.45) is 28.3 Å². The molecule has 1 N–H and O–H groups in total. The summed E-state index contributed by atoms with van der Waals surface area (Å²) < 4.78 is 13.8. The van der Waals surface area contributed by atoms with Gasteiger partial charge in [-0.2, -0.15) is 5.10 Å². The van der Waals surface area contributed by atoms with Crippen molar-refractivity contribution >= 4 is 11.7 Å². The SMILES string of the molecule is CCCCC1=NN(C(=O)NC2CC3C[C@@H]([C@@H]2C)C3(C)C)CC1c1cccc(F)c1. The summed E-state index contributed by atoms with van der Waals surface area (Å²) in [5.41, 5.74) is 2.31. The molecule has 0 spiro atoms. The zero-order chi connectivity index (χ0) is 20.8. The van der Waals surface area contributed by atoms with Crippen molar-refractivity contribution < 1.29 is 9.18 Å². The van der Waals surface area contributed by atoms with E-state index in [4.69, 9.17) is 0 Å². The fraction of sp³-hybridized carbons (Fsp3) is 0.667. The molecular weight excluding hydrogens is 365 g/mol. The largest absolute Gasteiger partial charge is 0.338 e. The third-order valence-corrected chi connectivity index (χ3v) is 7.94. The maximum absolute atomic E-state index is 13.8. The molecule has 2 bridgehead atoms. The highest BCUT2D eigenvalue weighted by Crippen LogP contribution is 2.61. The number of unbranched alkanes of at least 4 members (excludes halogenated alkanes) is 1. The molecule has 0 radical (unpaired) electrons. The molecule has 1 aliphatic heterocycles. The van der Waals surface area contributed by atoms with Gasteiger partial charge < -0.3 is 5.32 Å². The molecule has 1 aromatic rings. The van der Waals surface area contributed by atoms with Crippen molar-refractivity contribution in [3.05, 3.63) is 35.6 Å². The lowest BCUT2D eigenvalue weighted by Crippen LogP contribution is -2.61. The number of hydrazone groups is 1. The Bertz CT molecular complexity index is 805. The first kappa shape index (κ1) is 20.4. The first-order valence-corrected chi connectivity index (χ1v) is 11.2. The number of benzene rings is 1. The van der Waals surface area contributed by atoms with Crippen molar-refractivity contribution in [3.63, 3.8) is 0 Å². The van der Waals surface area contributed by atoms with Crippen LogP contribution in [0.1, 0.15) is 71.3 Å². The third kappa shape index (κ3) is 3.69. The third-order valence-electron chi connectivity index (χ3n) is 7.94. The number of hydrogen-bond donors (Lipinski definition) is 1. The van der Waals surface area contributed by atoms with Crippen LogP contribution in [0.3, 0.4) is 0 Å². The molecule has 3 fully saturated rings. The lowest BCUT2D eigenvalue weighted by molar-refractivity contribution is -0.113. The van der Waals surface area contributed by atoms with Crippen LogP contribution in [0.15, 0.2) is 29.4 Å². The number of nitrogens with one attached hydrogen (secondary N) is 1. The molecule has 1 aromatic carbocycles. The monoisotopic (exact) mass is 399 g/mol. The Morgan fingerprint density at radius 2 is 2.14 bits per heavy atom. The van der Waals surface area contributed by atoms with E-state index in [1.54, 1.807) is 17.1 Å². The topological polar surface area (TPSA) is 44.7 Å². The van der Waals surface area contributed by atoms with E-state index in [1.807, 2.05) is 6.07 Å². The molecule has 29 heavy (non-hydrogen) atoms. The smallest absolute Gasteiger partial charge is 0.333 e. The fourth-order valence-electron chi connectivity index (χ4n) is 5.85. The Balaban J connectivity index is 1.45. The number of fused-ring (bicyclic) bond motifs is 2. The van der Waals surface area contributed by atoms with Gasteiger partial charge in [-0.25, -0.2) is 14.2 Å². The highest BCUT2D eigenvalue weighted by Gasteiger charge is 2.56. The van der Waals surface area contributed by atoms with Crippen molar-refractivity contribution in [1.82, 2.24) is 10.3 Å². The van der Waals surface area contributed by atoms with Crippen LogP contribution < -0.4 is 5.32 Å². The Morgan fingerprint density at radius 1 is 1.34 bits per heavy atom. The van der Waals surface area contributed by atoms with E-state index in [-0.39, 0.29) is 23.8 Å². The van der Waals surface area contributed by atoms with Crippen LogP contribution in [0.25, 0.3) is 0 Å². The minimum atomic E-state index is -0.238. The lowest BCUT2D eigenvalue weighted by atomic mass is 9.45. The summed E-state index contributed by atoms with van der Waals surface area (Å²) >= 11 is 0. The van der Waals surface area contributed by atoms with E-state index in [0.29, 0.717) is 29.7 Å². The summed E-state index contributed by atoms with van der Waals surface area (Å²) in [6, 6.07) is 6.84. The van der Waals surface area contributed by atoms with E-state index in [0.717, 1.165) is 37.0 Å². The number of hydrogen-bond acceptors (Lipinski definition) is 2. The maximum atomic E-state index is 13.8. The van der Waals surface area contributed by atoms with Gasteiger partial charge in [0.1, 0.15) is 5.82 Å². The molecule has 3 aliphatic carbocycles. The Hall–Kier alpha value is -1.91. The Kier molecular flexibility index (Phi) is 5.43. The first-order valence-electron chi connectivity index (χ1n) is 11.2. The van der Waals surface area contributed by atoms with E-state index < -0.39 is 0 Å². The van der Waals surface area contributed by atoms with E-state index >= 15 is 0 Å². The summed E-state index contributed by atoms with van der Waals surface area (Å²) in [6.07, 6.45) is 5.30. The Labute approximate surface area is 173 Å². The van der Waals surface area contributed by atoms with Crippen molar-refractivity contribution in [2.75, 3.05) is 6.54 Å². The number of nitrogens with zero attached hydrogens (tertiary/aromatic N) is 2. The van der Waals surface area contributed by atoms with Gasteiger partial charge in [-0.15, -0.1) is 0 Å². The number of rotatable bonds is 5. The van der Waals surface area contributed by atoms with Crippen molar-refractivity contribution in [3.8, 4) is 0 Å². The predicted octanol–water partition coefficient (Wildman–Crippen LogP) is 5.55. The van der Waals surface area contributed by atoms with Gasteiger partial charge in [-0.05, 0) is 66.5 Å². The van der Waals surface area contributed by atoms with Gasteiger partial charge in [0, 0.05) is 17.7 Å². The van der Waals surface area contributed by atoms with Gasteiger partial charge in [0.05, 0.1) is 6.54 Å². The fourth-order valence-corrected chi connectivity index (χ4v) is 5.85. The minimum Gasteiger partial charge on any atom is -0.333 e. The van der Waals surface area contributed by atoms with Gasteiger partial charge in [0.25, 0.3) is 0 Å². The lowest BCUT2D eigenvalue weighted by Gasteiger charge is -2.62. The maximum Gasteiger partial charge on any atom is 0.338 e. The quantitative estimate of drug-likeness (QED) is 0.693. The minimum absolute atomic E-state index is 0.0147. The second-order valence-corrected chi connectivity index (χ2v) is 9.90. The summed E-state index contributed by atoms with van der Waals surface area (Å²) in [4.78, 5) is 13.0. The molecule has 5 atom stereocenters. The second-order valence-electron chi connectivity index (χ2n) is 9.90. The van der Waals surface area contributed by atoms with Crippen LogP contribution in [0.4, 0.5) is 9.18 Å². The number of halogens is 1. The predicted molar refractivity (Wildman–Crippen MR) is 114 cm³/mol. The molecule has 1 heterocycles. The molecular formula is C24H34FN3O. The number of carbonyl (C=O) groups excluding carboxylic acids is 1. The second kappa shape index (κ2) is 7.73. The molecule has 3 saturated carbocycles. The van der Waals surface area contributed by atoms with E-state index in [1.165, 1.54) is 12.5 Å². The van der Waals surface area contributed by atoms with Crippen LogP contribution in [0, 0.1) is 29.0 Å². The molecule has 2 amide bonds. The highest BCUT2D eigenvalue weighted by atomic mass is 19.1. The first-order chi connectivity index (χ1) is 13.8. The van der Waals surface area contributed by atoms with Crippen LogP contribution in [0.5, 0.6) is 0 Å². The zero-order valence-corrected chi connectivity index (χ0v) is 18.1. The van der Waals surface area contributed by atoms with Gasteiger partial charge in [-0.3, -0.25) is 0 Å². The van der Waals surface area contributed by atoms with Crippen LogP contribution >= 0.6 is 0 Å². The van der Waals surface area contributed by atoms with Gasteiger partial charge in [0.15, 0.2) is 0 Å². The number of carbonyl (C=O) groups is 1. The summed E-state index contributed by atoms with van der Waals surface area (Å²) in [5, 5.41) is 9.53. The molecule has 4 aliphatic rings. The molecule has 0 aromatic heterocycles. The standard InChI is InChI=1S/C24H34FN3O/c1-5-6-10-21-19(16-8-7-9-18(25)11-16)14-28(27-21)23(29)26-22-13-17-12-20(15(22)2)24(17,3)4/h7-9,11,15,17,19-20,22H,5-6,10,12-14H2,1-4H3,(H,26,29)/t15-,17?,19?,20-,22?/m0/s1. The average Bonchev–Trinajstić information content (AvgIpc) is 3.11. The summed E-state index contributed by atoms with van der Waals surface area (Å²) in [6.45, 7) is 9.66. The zero-order valence-electron chi connectivity index (χ0n) is 18.1. The normalized spacial score (nSPS) is 32.5. The molecule has 5 heteroatoms. The summed E-state index contributed by atoms with van der Waals surface area (Å²) in [5.74, 6) is 1.63. The molecule has 0 saturated heterocycles. The van der Waals surface area contributed by atoms with Crippen LogP contribution in [-0.4, -0.2) is 29.3 Å². The van der Waals surface area contributed by atoms with Crippen LogP contribution in [-0.2, 0) is 0 Å². The van der Waals surface area contributed by atoms with E-state index in [9.17, 15) is 9.18 Å². The van der Waals surface area contributed by atoms with Gasteiger partial charge in [-0.1, -0.05) is 46.2 Å². The average molecular weight is 400 g/mol. The van der Waals surface area contributed by atoms with Gasteiger partial charge >= 0.3 is 6.03 Å². The van der Waals surface area contributed by atoms with Crippen molar-refractivity contribution in [1.29, 1.82) is 0 Å². The number of amides is 2.